The number of nitrogens with one attached hydrogen (secondary N) is 1. The number of aromatic amines is 1. The van der Waals surface area contributed by atoms with Gasteiger partial charge in [-0.25, -0.2) is 4.98 Å². The second-order valence-electron chi connectivity index (χ2n) is 5.80. The number of likely N-dealkylation sites (tertiary alicyclic amines) is 1. The van der Waals surface area contributed by atoms with E-state index < -0.39 is 0 Å². The minimum atomic E-state index is 0.483. The van der Waals surface area contributed by atoms with Crippen molar-refractivity contribution in [2.75, 3.05) is 13.1 Å². The summed E-state index contributed by atoms with van der Waals surface area (Å²) >= 11 is 5.52. The molecule has 19 heavy (non-hydrogen) atoms. The molecule has 5 heteroatoms. The van der Waals surface area contributed by atoms with Crippen LogP contribution in [0.3, 0.4) is 0 Å². The monoisotopic (exact) mass is 274 g/mol. The lowest BCUT2D eigenvalue weighted by Gasteiger charge is -2.16. The third-order valence-electron chi connectivity index (χ3n) is 4.44. The molecule has 1 atom stereocenters. The molecule has 0 radical (unpaired) electrons. The van der Waals surface area contributed by atoms with Gasteiger partial charge in [-0.2, -0.15) is 0 Å². The van der Waals surface area contributed by atoms with Crippen molar-refractivity contribution in [1.29, 1.82) is 0 Å². The summed E-state index contributed by atoms with van der Waals surface area (Å²) in [6.45, 7) is 4.43. The Kier molecular flexibility index (Phi) is 2.53. The van der Waals surface area contributed by atoms with Gasteiger partial charge in [0.2, 0.25) is 0 Å². The second kappa shape index (κ2) is 4.15. The van der Waals surface area contributed by atoms with E-state index in [2.05, 4.69) is 26.4 Å². The van der Waals surface area contributed by atoms with Crippen LogP contribution in [0.5, 0.6) is 0 Å². The van der Waals surface area contributed by atoms with Crippen LogP contribution in [0, 0.1) is 11.7 Å². The van der Waals surface area contributed by atoms with Crippen LogP contribution in [0.1, 0.15) is 30.9 Å². The molecule has 2 aliphatic rings. The topological polar surface area (TPSA) is 36.9 Å². The number of aromatic nitrogens is 3. The quantitative estimate of drug-likeness (QED) is 0.856. The predicted octanol–water partition coefficient (Wildman–Crippen LogP) is 2.81. The number of aryl methyl sites for hydroxylation is 1. The fraction of sp³-hybridized carbons (Fsp3) is 0.571. The van der Waals surface area contributed by atoms with Crippen LogP contribution < -0.4 is 0 Å². The van der Waals surface area contributed by atoms with Crippen molar-refractivity contribution in [3.63, 3.8) is 0 Å². The Morgan fingerprint density at radius 2 is 2.16 bits per heavy atom. The zero-order valence-corrected chi connectivity index (χ0v) is 11.9. The number of nitrogens with zero attached hydrogens (tertiary/aromatic N) is 3. The van der Waals surface area contributed by atoms with Gasteiger partial charge in [0.1, 0.15) is 0 Å². The fourth-order valence-electron chi connectivity index (χ4n) is 3.23. The van der Waals surface area contributed by atoms with E-state index >= 15 is 0 Å². The summed E-state index contributed by atoms with van der Waals surface area (Å²) in [5.41, 5.74) is 3.33. The standard InChI is InChI=1S/C14H18N4S/c1-9-4-6-15-13-12(9)16-14(19)18(13)11-5-7-17(8-11)10-2-3-10/h4,6,10-11H,2-3,5,7-8H2,1H3,(H,16,19). The van der Waals surface area contributed by atoms with Crippen LogP contribution in [-0.2, 0) is 0 Å². The van der Waals surface area contributed by atoms with E-state index in [1.807, 2.05) is 12.3 Å². The van der Waals surface area contributed by atoms with Crippen LogP contribution in [0.2, 0.25) is 0 Å². The normalized spacial score (nSPS) is 24.4. The molecule has 1 N–H and O–H groups in total. The first kappa shape index (κ1) is 11.6. The van der Waals surface area contributed by atoms with Gasteiger partial charge < -0.3 is 4.98 Å². The molecule has 1 aliphatic heterocycles. The molecule has 3 heterocycles. The molecular weight excluding hydrogens is 256 g/mol. The number of hydrogen-bond donors (Lipinski definition) is 1. The lowest BCUT2D eigenvalue weighted by atomic mass is 10.2. The van der Waals surface area contributed by atoms with Gasteiger partial charge in [-0.05, 0) is 50.0 Å². The molecular formula is C14H18N4S. The minimum absolute atomic E-state index is 0.483. The highest BCUT2D eigenvalue weighted by Gasteiger charge is 2.35. The molecule has 0 spiro atoms. The zero-order valence-electron chi connectivity index (χ0n) is 11.1. The van der Waals surface area contributed by atoms with Crippen molar-refractivity contribution in [1.82, 2.24) is 19.4 Å². The maximum absolute atomic E-state index is 5.52. The summed E-state index contributed by atoms with van der Waals surface area (Å²) in [5, 5.41) is 0. The molecule has 100 valence electrons. The fourth-order valence-corrected chi connectivity index (χ4v) is 3.57. The van der Waals surface area contributed by atoms with E-state index in [4.69, 9.17) is 12.2 Å². The van der Waals surface area contributed by atoms with Crippen LogP contribution in [0.25, 0.3) is 11.2 Å². The van der Waals surface area contributed by atoms with Gasteiger partial charge in [-0.1, -0.05) is 0 Å². The first-order valence-electron chi connectivity index (χ1n) is 7.04. The molecule has 1 saturated carbocycles. The van der Waals surface area contributed by atoms with E-state index in [1.165, 1.54) is 31.4 Å². The van der Waals surface area contributed by atoms with Crippen molar-refractivity contribution in [3.05, 3.63) is 22.6 Å². The molecule has 2 aromatic rings. The summed E-state index contributed by atoms with van der Waals surface area (Å²) < 4.78 is 3.06. The third kappa shape index (κ3) is 1.83. The summed E-state index contributed by atoms with van der Waals surface area (Å²) in [7, 11) is 0. The molecule has 4 rings (SSSR count). The molecule has 0 amide bonds. The Labute approximate surface area is 117 Å². The number of imidazole rings is 1. The molecule has 1 unspecified atom stereocenters. The molecule has 4 nitrogen and oxygen atoms in total. The summed E-state index contributed by atoms with van der Waals surface area (Å²) in [5.74, 6) is 0. The van der Waals surface area contributed by atoms with Crippen LogP contribution >= 0.6 is 12.2 Å². The molecule has 0 bridgehead atoms. The highest BCUT2D eigenvalue weighted by Crippen LogP contribution is 2.34. The molecule has 2 fully saturated rings. The first-order valence-corrected chi connectivity index (χ1v) is 7.45. The Bertz CT molecular complexity index is 682. The first-order chi connectivity index (χ1) is 9.24. The lowest BCUT2D eigenvalue weighted by Crippen LogP contribution is -2.23. The Morgan fingerprint density at radius 1 is 1.32 bits per heavy atom. The Hall–Kier alpha value is -1.20. The highest BCUT2D eigenvalue weighted by atomic mass is 32.1. The van der Waals surface area contributed by atoms with Crippen molar-refractivity contribution in [3.8, 4) is 0 Å². The molecule has 1 saturated heterocycles. The maximum atomic E-state index is 5.52. The number of rotatable bonds is 2. The van der Waals surface area contributed by atoms with E-state index in [-0.39, 0.29) is 0 Å². The number of pyridine rings is 1. The Morgan fingerprint density at radius 3 is 2.95 bits per heavy atom. The summed E-state index contributed by atoms with van der Waals surface area (Å²) in [6, 6.07) is 3.36. The van der Waals surface area contributed by atoms with Gasteiger partial charge in [0, 0.05) is 25.3 Å². The van der Waals surface area contributed by atoms with Gasteiger partial charge in [0.15, 0.2) is 10.4 Å². The average molecular weight is 274 g/mol. The van der Waals surface area contributed by atoms with Crippen LogP contribution in [0.15, 0.2) is 12.3 Å². The van der Waals surface area contributed by atoms with Crippen LogP contribution in [0.4, 0.5) is 0 Å². The van der Waals surface area contributed by atoms with E-state index in [0.717, 1.165) is 28.5 Å². The van der Waals surface area contributed by atoms with Crippen molar-refractivity contribution < 1.29 is 0 Å². The predicted molar refractivity (Wildman–Crippen MR) is 77.9 cm³/mol. The summed E-state index contributed by atoms with van der Waals surface area (Å²) in [4.78, 5) is 10.5. The number of hydrogen-bond acceptors (Lipinski definition) is 3. The summed E-state index contributed by atoms with van der Waals surface area (Å²) in [6.07, 6.45) is 5.82. The van der Waals surface area contributed by atoms with Gasteiger partial charge in [0.05, 0.1) is 11.6 Å². The van der Waals surface area contributed by atoms with E-state index in [1.54, 1.807) is 0 Å². The van der Waals surface area contributed by atoms with Crippen molar-refractivity contribution in [2.45, 2.75) is 38.3 Å². The van der Waals surface area contributed by atoms with Crippen LogP contribution in [-0.4, -0.2) is 38.6 Å². The van der Waals surface area contributed by atoms with Gasteiger partial charge in [0.25, 0.3) is 0 Å². The largest absolute Gasteiger partial charge is 0.329 e. The molecule has 2 aromatic heterocycles. The maximum Gasteiger partial charge on any atom is 0.179 e. The minimum Gasteiger partial charge on any atom is -0.329 e. The molecule has 0 aromatic carbocycles. The number of fused-ring (bicyclic) bond motifs is 1. The zero-order chi connectivity index (χ0) is 13.0. The lowest BCUT2D eigenvalue weighted by molar-refractivity contribution is 0.314. The highest BCUT2D eigenvalue weighted by molar-refractivity contribution is 7.71. The van der Waals surface area contributed by atoms with E-state index in [9.17, 15) is 0 Å². The number of H-pyrrole nitrogens is 1. The van der Waals surface area contributed by atoms with Crippen molar-refractivity contribution >= 4 is 23.4 Å². The van der Waals surface area contributed by atoms with Gasteiger partial charge >= 0.3 is 0 Å². The SMILES string of the molecule is Cc1ccnc2c1[nH]c(=S)n2C1CCN(C2CC2)C1. The van der Waals surface area contributed by atoms with Crippen molar-refractivity contribution in [2.24, 2.45) is 0 Å². The average Bonchev–Trinajstić information content (AvgIpc) is 3.03. The van der Waals surface area contributed by atoms with Gasteiger partial charge in [-0.15, -0.1) is 0 Å². The second-order valence-corrected chi connectivity index (χ2v) is 6.18. The Balaban J connectivity index is 1.76. The smallest absolute Gasteiger partial charge is 0.179 e. The third-order valence-corrected chi connectivity index (χ3v) is 4.74. The molecule has 1 aliphatic carbocycles. The van der Waals surface area contributed by atoms with Gasteiger partial charge in [-0.3, -0.25) is 9.47 Å². The van der Waals surface area contributed by atoms with E-state index in [0.29, 0.717) is 6.04 Å².